The summed E-state index contributed by atoms with van der Waals surface area (Å²) >= 11 is 0. The van der Waals surface area contributed by atoms with E-state index in [1.54, 1.807) is 0 Å². The van der Waals surface area contributed by atoms with E-state index >= 15 is 0 Å². The minimum atomic E-state index is 0.697. The summed E-state index contributed by atoms with van der Waals surface area (Å²) in [6.45, 7) is 9.88. The second-order valence-electron chi connectivity index (χ2n) is 3.39. The fourth-order valence-corrected chi connectivity index (χ4v) is 1.06. The van der Waals surface area contributed by atoms with Gasteiger partial charge < -0.3 is 5.32 Å². The van der Waals surface area contributed by atoms with E-state index in [2.05, 4.69) is 30.7 Å². The Morgan fingerprint density at radius 3 is 2.93 bits per heavy atom. The van der Waals surface area contributed by atoms with Crippen LogP contribution in [0.4, 0.5) is 0 Å². The predicted molar refractivity (Wildman–Crippen MR) is 64.8 cm³/mol. The second-order valence-corrected chi connectivity index (χ2v) is 3.39. The second kappa shape index (κ2) is 10.0. The van der Waals surface area contributed by atoms with Gasteiger partial charge in [-0.25, -0.2) is 0 Å². The summed E-state index contributed by atoms with van der Waals surface area (Å²) < 4.78 is 0. The van der Waals surface area contributed by atoms with Gasteiger partial charge in [-0.1, -0.05) is 13.0 Å². The largest absolute Gasteiger partial charge is 0.391 e. The molecule has 0 aliphatic rings. The zero-order valence-corrected chi connectivity index (χ0v) is 9.37. The van der Waals surface area contributed by atoms with Crippen molar-refractivity contribution in [1.29, 1.82) is 0 Å². The summed E-state index contributed by atoms with van der Waals surface area (Å²) in [7, 11) is 0. The molecule has 0 aliphatic carbocycles. The van der Waals surface area contributed by atoms with Crippen molar-refractivity contribution in [2.24, 2.45) is 10.9 Å². The smallest absolute Gasteiger partial charge is 0.0391 e. The van der Waals surface area contributed by atoms with Gasteiger partial charge in [-0.05, 0) is 38.0 Å². The van der Waals surface area contributed by atoms with E-state index in [-0.39, 0.29) is 0 Å². The zero-order valence-electron chi connectivity index (χ0n) is 9.37. The van der Waals surface area contributed by atoms with Crippen LogP contribution < -0.4 is 5.32 Å². The molecule has 1 atom stereocenters. The Labute approximate surface area is 87.8 Å². The van der Waals surface area contributed by atoms with Gasteiger partial charge >= 0.3 is 0 Å². The third-order valence-electron chi connectivity index (χ3n) is 1.93. The van der Waals surface area contributed by atoms with Crippen LogP contribution in [-0.4, -0.2) is 19.3 Å². The number of aliphatic imine (C=N–C) groups is 1. The van der Waals surface area contributed by atoms with E-state index < -0.39 is 0 Å². The molecule has 0 amide bonds. The number of nitrogens with one attached hydrogen (secondary N) is 1. The minimum Gasteiger partial charge on any atom is -0.391 e. The number of rotatable bonds is 8. The first-order chi connectivity index (χ1) is 6.81. The molecule has 14 heavy (non-hydrogen) atoms. The molecular weight excluding hydrogens is 172 g/mol. The monoisotopic (exact) mass is 194 g/mol. The summed E-state index contributed by atoms with van der Waals surface area (Å²) in [5, 5.41) is 3.08. The van der Waals surface area contributed by atoms with Gasteiger partial charge in [0.1, 0.15) is 0 Å². The molecule has 1 N–H and O–H groups in total. The maximum absolute atomic E-state index is 4.28. The molecular formula is C12H22N2. The lowest BCUT2D eigenvalue weighted by molar-refractivity contribution is 0.550. The average Bonchev–Trinajstić information content (AvgIpc) is 2.17. The van der Waals surface area contributed by atoms with Gasteiger partial charge in [0.05, 0.1) is 0 Å². The Morgan fingerprint density at radius 2 is 2.29 bits per heavy atom. The topological polar surface area (TPSA) is 24.4 Å². The summed E-state index contributed by atoms with van der Waals surface area (Å²) in [6.07, 6.45) is 9.89. The molecule has 0 radical (unpaired) electrons. The third kappa shape index (κ3) is 9.04. The van der Waals surface area contributed by atoms with Crippen molar-refractivity contribution in [2.45, 2.75) is 26.7 Å². The van der Waals surface area contributed by atoms with E-state index in [4.69, 9.17) is 0 Å². The summed E-state index contributed by atoms with van der Waals surface area (Å²) in [6, 6.07) is 0. The predicted octanol–water partition coefficient (Wildman–Crippen LogP) is 2.78. The molecule has 2 nitrogen and oxygen atoms in total. The molecule has 1 unspecified atom stereocenters. The minimum absolute atomic E-state index is 0.697. The summed E-state index contributed by atoms with van der Waals surface area (Å²) in [5.41, 5.74) is 0. The van der Waals surface area contributed by atoms with Crippen molar-refractivity contribution >= 4 is 6.21 Å². The van der Waals surface area contributed by atoms with Gasteiger partial charge in [0.2, 0.25) is 0 Å². The van der Waals surface area contributed by atoms with E-state index in [1.165, 1.54) is 0 Å². The van der Waals surface area contributed by atoms with Crippen LogP contribution in [0.3, 0.4) is 0 Å². The molecule has 0 heterocycles. The molecule has 0 saturated heterocycles. The van der Waals surface area contributed by atoms with Crippen molar-refractivity contribution in [3.8, 4) is 0 Å². The summed E-state index contributed by atoms with van der Waals surface area (Å²) in [5.74, 6) is 0.697. The fraction of sp³-hybridized carbons (Fsp3) is 0.583. The third-order valence-corrected chi connectivity index (χ3v) is 1.93. The Bertz CT molecular complexity index is 183. The number of nitrogens with zero attached hydrogens (tertiary/aromatic N) is 1. The maximum Gasteiger partial charge on any atom is 0.0391 e. The molecule has 2 heteroatoms. The Morgan fingerprint density at radius 1 is 1.50 bits per heavy atom. The quantitative estimate of drug-likeness (QED) is 0.466. The van der Waals surface area contributed by atoms with Gasteiger partial charge in [0.15, 0.2) is 0 Å². The fourth-order valence-electron chi connectivity index (χ4n) is 1.06. The van der Waals surface area contributed by atoms with Crippen molar-refractivity contribution in [2.75, 3.05) is 13.1 Å². The van der Waals surface area contributed by atoms with Gasteiger partial charge in [0.25, 0.3) is 0 Å². The lowest BCUT2D eigenvalue weighted by Gasteiger charge is -2.04. The molecule has 0 aromatic heterocycles. The SMILES string of the molecule is C=CCC(C)CCN=CC=CNCC. The number of hydrogen-bond donors (Lipinski definition) is 1. The van der Waals surface area contributed by atoms with Gasteiger partial charge in [0, 0.05) is 19.3 Å². The highest BCUT2D eigenvalue weighted by molar-refractivity contribution is 5.70. The van der Waals surface area contributed by atoms with Crippen LogP contribution in [0.2, 0.25) is 0 Å². The van der Waals surface area contributed by atoms with Crippen LogP contribution in [0.5, 0.6) is 0 Å². The average molecular weight is 194 g/mol. The van der Waals surface area contributed by atoms with E-state index in [0.29, 0.717) is 5.92 Å². The Balaban J connectivity index is 3.38. The lowest BCUT2D eigenvalue weighted by atomic mass is 10.0. The molecule has 0 bridgehead atoms. The standard InChI is InChI=1S/C12H22N2/c1-4-7-12(3)8-11-14-10-6-9-13-5-2/h4,6,9-10,12-13H,1,5,7-8,11H2,2-3H3. The van der Waals surface area contributed by atoms with E-state index in [9.17, 15) is 0 Å². The number of hydrogen-bond acceptors (Lipinski definition) is 2. The van der Waals surface area contributed by atoms with Gasteiger partial charge in [-0.3, -0.25) is 4.99 Å². The first kappa shape index (κ1) is 12.9. The normalized spacial score (nSPS) is 13.6. The van der Waals surface area contributed by atoms with E-state index in [0.717, 1.165) is 25.9 Å². The van der Waals surface area contributed by atoms with Crippen molar-refractivity contribution < 1.29 is 0 Å². The van der Waals surface area contributed by atoms with Crippen LogP contribution in [0.1, 0.15) is 26.7 Å². The number of allylic oxidation sites excluding steroid dienone is 2. The van der Waals surface area contributed by atoms with Crippen LogP contribution >= 0.6 is 0 Å². The first-order valence-electron chi connectivity index (χ1n) is 5.30. The van der Waals surface area contributed by atoms with Gasteiger partial charge in [-0.2, -0.15) is 0 Å². The molecule has 0 spiro atoms. The van der Waals surface area contributed by atoms with Crippen molar-refractivity contribution in [3.05, 3.63) is 24.9 Å². The molecule has 0 aromatic rings. The molecule has 80 valence electrons. The summed E-state index contributed by atoms with van der Waals surface area (Å²) in [4.78, 5) is 4.28. The van der Waals surface area contributed by atoms with Gasteiger partial charge in [-0.15, -0.1) is 6.58 Å². The highest BCUT2D eigenvalue weighted by atomic mass is 14.8. The Kier molecular flexibility index (Phi) is 9.28. The highest BCUT2D eigenvalue weighted by Gasteiger charge is 1.96. The Hall–Kier alpha value is -1.05. The molecule has 0 aromatic carbocycles. The molecule has 0 saturated carbocycles. The molecule has 0 rings (SSSR count). The van der Waals surface area contributed by atoms with Crippen LogP contribution in [0.15, 0.2) is 29.9 Å². The van der Waals surface area contributed by atoms with Crippen molar-refractivity contribution in [1.82, 2.24) is 5.32 Å². The zero-order chi connectivity index (χ0) is 10.6. The first-order valence-corrected chi connectivity index (χ1v) is 5.30. The van der Waals surface area contributed by atoms with Crippen LogP contribution in [0.25, 0.3) is 0 Å². The van der Waals surface area contributed by atoms with Crippen LogP contribution in [-0.2, 0) is 0 Å². The van der Waals surface area contributed by atoms with E-state index in [1.807, 2.05) is 24.6 Å². The maximum atomic E-state index is 4.28. The molecule has 0 fully saturated rings. The molecule has 0 aliphatic heterocycles. The highest BCUT2D eigenvalue weighted by Crippen LogP contribution is 2.06. The lowest BCUT2D eigenvalue weighted by Crippen LogP contribution is -2.01. The van der Waals surface area contributed by atoms with Crippen LogP contribution in [0, 0.1) is 5.92 Å². The van der Waals surface area contributed by atoms with Crippen molar-refractivity contribution in [3.63, 3.8) is 0 Å².